The molecule has 2 aromatic heterocycles. The van der Waals surface area contributed by atoms with Crippen molar-refractivity contribution in [2.45, 2.75) is 13.3 Å². The number of rotatable bonds is 3. The maximum atomic E-state index is 11.9. The molecule has 0 unspecified atom stereocenters. The molecule has 15 heavy (non-hydrogen) atoms. The van der Waals surface area contributed by atoms with Crippen molar-refractivity contribution in [1.82, 2.24) is 14.8 Å². The van der Waals surface area contributed by atoms with E-state index in [4.69, 9.17) is 0 Å². The highest BCUT2D eigenvalue weighted by Gasteiger charge is 2.16. The van der Waals surface area contributed by atoms with E-state index in [0.717, 1.165) is 12.1 Å². The topological polar surface area (TPSA) is 47.8 Å². The van der Waals surface area contributed by atoms with Crippen molar-refractivity contribution in [3.8, 4) is 0 Å². The third kappa shape index (κ3) is 1.83. The molecule has 0 atom stereocenters. The van der Waals surface area contributed by atoms with Crippen LogP contribution in [0.5, 0.6) is 0 Å². The second-order valence-corrected chi connectivity index (χ2v) is 3.92. The summed E-state index contributed by atoms with van der Waals surface area (Å²) in [7, 11) is 1.78. The molecule has 78 valence electrons. The Kier molecular flexibility index (Phi) is 2.64. The van der Waals surface area contributed by atoms with Gasteiger partial charge in [-0.05, 0) is 12.5 Å². The van der Waals surface area contributed by atoms with E-state index < -0.39 is 0 Å². The Hall–Kier alpha value is -1.49. The van der Waals surface area contributed by atoms with E-state index in [1.165, 1.54) is 11.3 Å². The zero-order chi connectivity index (χ0) is 10.8. The lowest BCUT2D eigenvalue weighted by molar-refractivity contribution is 0.102. The summed E-state index contributed by atoms with van der Waals surface area (Å²) >= 11 is 1.42. The molecule has 2 rings (SSSR count). The van der Waals surface area contributed by atoms with Crippen molar-refractivity contribution in [2.24, 2.45) is 7.05 Å². The minimum absolute atomic E-state index is 0.0639. The van der Waals surface area contributed by atoms with Gasteiger partial charge in [-0.15, -0.1) is 11.3 Å². The molecule has 0 fully saturated rings. The number of thiazole rings is 1. The molecular weight excluding hydrogens is 210 g/mol. The fourth-order valence-corrected chi connectivity index (χ4v) is 1.90. The molecule has 0 spiro atoms. The van der Waals surface area contributed by atoms with Crippen LogP contribution in [0.25, 0.3) is 0 Å². The Morgan fingerprint density at radius 2 is 2.40 bits per heavy atom. The lowest BCUT2D eigenvalue weighted by Crippen LogP contribution is -2.08. The first-order valence-corrected chi connectivity index (χ1v) is 5.62. The maximum absolute atomic E-state index is 11.9. The Bertz CT molecular complexity index is 473. The van der Waals surface area contributed by atoms with Crippen molar-refractivity contribution in [3.05, 3.63) is 34.0 Å². The van der Waals surface area contributed by atoms with Gasteiger partial charge in [0.25, 0.3) is 0 Å². The van der Waals surface area contributed by atoms with Crippen LogP contribution >= 0.6 is 11.3 Å². The van der Waals surface area contributed by atoms with Crippen LogP contribution in [0, 0.1) is 0 Å². The number of carbonyl (C=O) groups is 1. The van der Waals surface area contributed by atoms with Gasteiger partial charge in [-0.25, -0.2) is 4.98 Å². The molecule has 0 amide bonds. The lowest BCUT2D eigenvalue weighted by atomic mass is 10.2. The molecule has 5 heteroatoms. The largest absolute Gasteiger partial charge is 0.285 e. The van der Waals surface area contributed by atoms with Crippen LogP contribution in [0.4, 0.5) is 0 Å². The number of aromatic nitrogens is 3. The fourth-order valence-electron chi connectivity index (χ4n) is 1.37. The Morgan fingerprint density at radius 3 is 2.93 bits per heavy atom. The van der Waals surface area contributed by atoms with E-state index >= 15 is 0 Å². The molecular formula is C10H11N3OS. The number of ketones is 1. The van der Waals surface area contributed by atoms with Crippen molar-refractivity contribution < 1.29 is 4.79 Å². The van der Waals surface area contributed by atoms with Crippen LogP contribution in [0.2, 0.25) is 0 Å². The van der Waals surface area contributed by atoms with Crippen molar-refractivity contribution >= 4 is 17.1 Å². The summed E-state index contributed by atoms with van der Waals surface area (Å²) < 4.78 is 1.61. The third-order valence-electron chi connectivity index (χ3n) is 2.19. The van der Waals surface area contributed by atoms with Gasteiger partial charge in [0.15, 0.2) is 0 Å². The second-order valence-electron chi connectivity index (χ2n) is 3.20. The molecule has 0 radical (unpaired) electrons. The first kappa shape index (κ1) is 10.0. The predicted octanol–water partition coefficient (Wildman–Crippen LogP) is 1.67. The number of aryl methyl sites for hydroxylation is 2. The molecule has 2 heterocycles. The second kappa shape index (κ2) is 3.94. The summed E-state index contributed by atoms with van der Waals surface area (Å²) in [5, 5.41) is 5.98. The van der Waals surface area contributed by atoms with Crippen LogP contribution < -0.4 is 0 Å². The zero-order valence-electron chi connectivity index (χ0n) is 8.60. The molecule has 0 aliphatic heterocycles. The van der Waals surface area contributed by atoms with Gasteiger partial charge in [0.05, 0.1) is 11.2 Å². The van der Waals surface area contributed by atoms with Crippen molar-refractivity contribution in [2.75, 3.05) is 0 Å². The summed E-state index contributed by atoms with van der Waals surface area (Å²) in [4.78, 5) is 15.9. The molecule has 0 aliphatic rings. The standard InChI is InChI=1S/C10H11N3OS/c1-3-7-4-9(13(2)12-7)10(14)8-5-15-6-11-8/h4-6H,3H2,1-2H3. The Labute approximate surface area is 91.6 Å². The Balaban J connectivity index is 2.37. The van der Waals surface area contributed by atoms with Gasteiger partial charge in [0.2, 0.25) is 5.78 Å². The van der Waals surface area contributed by atoms with Crippen LogP contribution in [0.15, 0.2) is 17.0 Å². The fraction of sp³-hybridized carbons (Fsp3) is 0.300. The van der Waals surface area contributed by atoms with Crippen LogP contribution in [-0.4, -0.2) is 20.5 Å². The molecule has 0 saturated heterocycles. The first-order chi connectivity index (χ1) is 7.22. The minimum Gasteiger partial charge on any atom is -0.285 e. The highest BCUT2D eigenvalue weighted by atomic mass is 32.1. The maximum Gasteiger partial charge on any atom is 0.230 e. The third-order valence-corrected chi connectivity index (χ3v) is 2.78. The highest BCUT2D eigenvalue weighted by molar-refractivity contribution is 7.07. The molecule has 0 saturated carbocycles. The lowest BCUT2D eigenvalue weighted by Gasteiger charge is -1.96. The predicted molar refractivity (Wildman–Crippen MR) is 58.1 cm³/mol. The number of carbonyl (C=O) groups excluding carboxylic acids is 1. The minimum atomic E-state index is -0.0639. The smallest absolute Gasteiger partial charge is 0.230 e. The van der Waals surface area contributed by atoms with Crippen LogP contribution in [0.1, 0.15) is 28.8 Å². The van der Waals surface area contributed by atoms with Gasteiger partial charge in [-0.2, -0.15) is 5.10 Å². The van der Waals surface area contributed by atoms with E-state index in [0.29, 0.717) is 11.4 Å². The summed E-state index contributed by atoms with van der Waals surface area (Å²) in [6.45, 7) is 2.01. The zero-order valence-corrected chi connectivity index (χ0v) is 9.41. The summed E-state index contributed by atoms with van der Waals surface area (Å²) in [6, 6.07) is 1.82. The molecule has 0 N–H and O–H groups in total. The number of nitrogens with zero attached hydrogens (tertiary/aromatic N) is 3. The SMILES string of the molecule is CCc1cc(C(=O)c2cscn2)n(C)n1. The highest BCUT2D eigenvalue weighted by Crippen LogP contribution is 2.11. The van der Waals surface area contributed by atoms with Gasteiger partial charge in [-0.1, -0.05) is 6.92 Å². The number of hydrogen-bond donors (Lipinski definition) is 0. The normalized spacial score (nSPS) is 10.5. The average Bonchev–Trinajstić information content (AvgIpc) is 2.85. The molecule has 0 bridgehead atoms. The van der Waals surface area contributed by atoms with Crippen molar-refractivity contribution in [3.63, 3.8) is 0 Å². The van der Waals surface area contributed by atoms with E-state index in [-0.39, 0.29) is 5.78 Å². The average molecular weight is 221 g/mol. The van der Waals surface area contributed by atoms with E-state index in [2.05, 4.69) is 10.1 Å². The Morgan fingerprint density at radius 1 is 1.60 bits per heavy atom. The van der Waals surface area contributed by atoms with E-state index in [9.17, 15) is 4.79 Å². The molecule has 0 aromatic carbocycles. The number of hydrogen-bond acceptors (Lipinski definition) is 4. The molecule has 0 aliphatic carbocycles. The summed E-state index contributed by atoms with van der Waals surface area (Å²) in [5.74, 6) is -0.0639. The quantitative estimate of drug-likeness (QED) is 0.741. The van der Waals surface area contributed by atoms with E-state index in [1.54, 1.807) is 22.6 Å². The van der Waals surface area contributed by atoms with Gasteiger partial charge < -0.3 is 0 Å². The summed E-state index contributed by atoms with van der Waals surface area (Å²) in [6.07, 6.45) is 0.832. The van der Waals surface area contributed by atoms with Crippen LogP contribution in [0.3, 0.4) is 0 Å². The van der Waals surface area contributed by atoms with Gasteiger partial charge >= 0.3 is 0 Å². The first-order valence-electron chi connectivity index (χ1n) is 4.68. The molecule has 4 nitrogen and oxygen atoms in total. The van der Waals surface area contributed by atoms with Gasteiger partial charge in [-0.3, -0.25) is 9.48 Å². The van der Waals surface area contributed by atoms with Gasteiger partial charge in [0.1, 0.15) is 11.4 Å². The monoisotopic (exact) mass is 221 g/mol. The van der Waals surface area contributed by atoms with Gasteiger partial charge in [0, 0.05) is 12.4 Å². The van der Waals surface area contributed by atoms with Crippen molar-refractivity contribution in [1.29, 1.82) is 0 Å². The van der Waals surface area contributed by atoms with E-state index in [1.807, 2.05) is 13.0 Å². The molecule has 2 aromatic rings. The van der Waals surface area contributed by atoms with Crippen LogP contribution in [-0.2, 0) is 13.5 Å². The summed E-state index contributed by atoms with van der Waals surface area (Å²) in [5.41, 5.74) is 3.67.